The van der Waals surface area contributed by atoms with Crippen LogP contribution >= 0.6 is 0 Å². The summed E-state index contributed by atoms with van der Waals surface area (Å²) in [5, 5.41) is 0. The first-order valence-corrected chi connectivity index (χ1v) is 7.08. The minimum Gasteiger partial charge on any atom is -0.0985 e. The normalized spacial score (nSPS) is 8.14. The van der Waals surface area contributed by atoms with Crippen LogP contribution < -0.4 is 0 Å². The van der Waals surface area contributed by atoms with Gasteiger partial charge in [-0.25, -0.2) is 0 Å². The first-order chi connectivity index (χ1) is 10.1. The van der Waals surface area contributed by atoms with Gasteiger partial charge < -0.3 is 0 Å². The minimum absolute atomic E-state index is 1.17. The van der Waals surface area contributed by atoms with E-state index >= 15 is 0 Å². The Hall–Kier alpha value is -2.34. The number of benzene rings is 2. The van der Waals surface area contributed by atoms with Crippen LogP contribution in [-0.2, 0) is 0 Å². The van der Waals surface area contributed by atoms with Gasteiger partial charge in [-0.1, -0.05) is 97.6 Å². The first kappa shape index (κ1) is 18.7. The lowest BCUT2D eigenvalue weighted by molar-refractivity contribution is 1.36. The molecule has 0 atom stereocenters. The van der Waals surface area contributed by atoms with E-state index in [1.807, 2.05) is 79.7 Å². The molecule has 0 spiro atoms. The highest BCUT2D eigenvalue weighted by atomic mass is 13.8. The van der Waals surface area contributed by atoms with Gasteiger partial charge in [-0.2, -0.15) is 0 Å². The van der Waals surface area contributed by atoms with Gasteiger partial charge in [0, 0.05) is 0 Å². The Labute approximate surface area is 130 Å². The van der Waals surface area contributed by atoms with Gasteiger partial charge in [0.25, 0.3) is 0 Å². The molecule has 21 heavy (non-hydrogen) atoms. The van der Waals surface area contributed by atoms with Crippen molar-refractivity contribution in [1.29, 1.82) is 0 Å². The highest BCUT2D eigenvalue weighted by Gasteiger charge is 1.76. The Balaban J connectivity index is 0.000000296. The van der Waals surface area contributed by atoms with E-state index in [1.54, 1.807) is 0 Å². The van der Waals surface area contributed by atoms with Crippen molar-refractivity contribution in [2.45, 2.75) is 20.8 Å². The van der Waals surface area contributed by atoms with Crippen LogP contribution in [-0.4, -0.2) is 0 Å². The summed E-state index contributed by atoms with van der Waals surface area (Å²) in [5.41, 5.74) is 3.73. The van der Waals surface area contributed by atoms with Crippen LogP contribution in [0.25, 0.3) is 12.2 Å². The van der Waals surface area contributed by atoms with E-state index in [1.165, 1.54) is 16.7 Å². The number of allylic oxidation sites excluding steroid dienone is 2. The lowest BCUT2D eigenvalue weighted by Crippen LogP contribution is -1.63. The van der Waals surface area contributed by atoms with Gasteiger partial charge in [-0.15, -0.1) is 0 Å². The van der Waals surface area contributed by atoms with E-state index in [9.17, 15) is 0 Å². The molecule has 0 aliphatic rings. The molecule has 0 nitrogen and oxygen atoms in total. The second kappa shape index (κ2) is 12.7. The Morgan fingerprint density at radius 3 is 1.14 bits per heavy atom. The van der Waals surface area contributed by atoms with E-state index in [2.05, 4.69) is 33.1 Å². The zero-order valence-electron chi connectivity index (χ0n) is 13.4. The highest BCUT2D eigenvalue weighted by Crippen LogP contribution is 1.98. The average molecular weight is 278 g/mol. The standard InChI is InChI=1S/2C8H8.C5H10/c2*1-2-8-6-4-3-5-7-8;1-4-5(2)3/h2*2-7H,1H2;4H,1-3H3. The molecular formula is C21H26. The van der Waals surface area contributed by atoms with Crippen LogP contribution in [0.15, 0.2) is 85.5 Å². The summed E-state index contributed by atoms with van der Waals surface area (Å²) < 4.78 is 0. The number of hydrogen-bond donors (Lipinski definition) is 0. The quantitative estimate of drug-likeness (QED) is 0.541. The summed E-state index contributed by atoms with van der Waals surface area (Å²) in [4.78, 5) is 0. The molecule has 2 rings (SSSR count). The SMILES string of the molecule is C=Cc1ccccc1.C=Cc1ccccc1.CC=C(C)C. The van der Waals surface area contributed by atoms with E-state index < -0.39 is 0 Å². The molecule has 2 aromatic carbocycles. The highest BCUT2D eigenvalue weighted by molar-refractivity contribution is 5.46. The molecule has 0 saturated heterocycles. The molecule has 0 saturated carbocycles. The van der Waals surface area contributed by atoms with Gasteiger partial charge in [0.05, 0.1) is 0 Å². The summed E-state index contributed by atoms with van der Waals surface area (Å²) >= 11 is 0. The van der Waals surface area contributed by atoms with Gasteiger partial charge in [-0.05, 0) is 31.9 Å². The fourth-order valence-electron chi connectivity index (χ4n) is 1.18. The minimum atomic E-state index is 1.17. The fraction of sp³-hybridized carbons (Fsp3) is 0.143. The second-order valence-electron chi connectivity index (χ2n) is 4.60. The monoisotopic (exact) mass is 278 g/mol. The van der Waals surface area contributed by atoms with Crippen LogP contribution in [0.1, 0.15) is 31.9 Å². The third-order valence-electron chi connectivity index (χ3n) is 2.65. The predicted octanol–water partition coefficient (Wildman–Crippen LogP) is 6.63. The second-order valence-corrected chi connectivity index (χ2v) is 4.60. The molecule has 110 valence electrons. The van der Waals surface area contributed by atoms with E-state index in [4.69, 9.17) is 0 Å². The van der Waals surface area contributed by atoms with Crippen LogP contribution in [0.2, 0.25) is 0 Å². The van der Waals surface area contributed by atoms with Crippen molar-refractivity contribution >= 4 is 12.2 Å². The molecule has 0 heteroatoms. The molecule has 0 aliphatic heterocycles. The fourth-order valence-corrected chi connectivity index (χ4v) is 1.18. The molecule has 0 N–H and O–H groups in total. The molecule has 2 aromatic rings. The average Bonchev–Trinajstić information content (AvgIpc) is 2.57. The van der Waals surface area contributed by atoms with Gasteiger partial charge in [-0.3, -0.25) is 0 Å². The van der Waals surface area contributed by atoms with Crippen LogP contribution in [0.3, 0.4) is 0 Å². The van der Waals surface area contributed by atoms with Crippen molar-refractivity contribution in [3.63, 3.8) is 0 Å². The maximum Gasteiger partial charge on any atom is -0.0263 e. The van der Waals surface area contributed by atoms with Crippen molar-refractivity contribution in [2.75, 3.05) is 0 Å². The Morgan fingerprint density at radius 2 is 1.00 bits per heavy atom. The van der Waals surface area contributed by atoms with E-state index in [0.29, 0.717) is 0 Å². The van der Waals surface area contributed by atoms with Crippen LogP contribution in [0.4, 0.5) is 0 Å². The van der Waals surface area contributed by atoms with Crippen molar-refractivity contribution in [2.24, 2.45) is 0 Å². The zero-order valence-corrected chi connectivity index (χ0v) is 13.4. The largest absolute Gasteiger partial charge is 0.0985 e. The Bertz CT molecular complexity index is 471. The van der Waals surface area contributed by atoms with E-state index in [0.717, 1.165) is 0 Å². The molecule has 0 aliphatic carbocycles. The first-order valence-electron chi connectivity index (χ1n) is 7.08. The smallest absolute Gasteiger partial charge is 0.0263 e. The maximum absolute atomic E-state index is 3.63. The lowest BCUT2D eigenvalue weighted by atomic mass is 10.2. The predicted molar refractivity (Wildman–Crippen MR) is 98.2 cm³/mol. The van der Waals surface area contributed by atoms with Gasteiger partial charge in [0.2, 0.25) is 0 Å². The summed E-state index contributed by atoms with van der Waals surface area (Å²) in [6.07, 6.45) is 5.75. The molecule has 0 heterocycles. The maximum atomic E-state index is 3.63. The summed E-state index contributed by atoms with van der Waals surface area (Å²) in [6.45, 7) is 13.5. The van der Waals surface area contributed by atoms with Crippen molar-refractivity contribution < 1.29 is 0 Å². The van der Waals surface area contributed by atoms with Crippen molar-refractivity contribution in [3.8, 4) is 0 Å². The summed E-state index contributed by atoms with van der Waals surface area (Å²) in [5.74, 6) is 0. The van der Waals surface area contributed by atoms with Crippen molar-refractivity contribution in [1.82, 2.24) is 0 Å². The molecule has 0 aromatic heterocycles. The Kier molecular flexibility index (Phi) is 11.3. The number of hydrogen-bond acceptors (Lipinski definition) is 0. The molecular weight excluding hydrogens is 252 g/mol. The van der Waals surface area contributed by atoms with E-state index in [-0.39, 0.29) is 0 Å². The third kappa shape index (κ3) is 11.2. The molecule has 0 bridgehead atoms. The molecule has 0 amide bonds. The Morgan fingerprint density at radius 1 is 0.714 bits per heavy atom. The topological polar surface area (TPSA) is 0 Å². The van der Waals surface area contributed by atoms with Crippen LogP contribution in [0.5, 0.6) is 0 Å². The number of rotatable bonds is 2. The third-order valence-corrected chi connectivity index (χ3v) is 2.65. The summed E-state index contributed by atoms with van der Waals surface area (Å²) in [6, 6.07) is 20.1. The lowest BCUT2D eigenvalue weighted by Gasteiger charge is -1.85. The van der Waals surface area contributed by atoms with Crippen molar-refractivity contribution in [3.05, 3.63) is 96.6 Å². The molecule has 0 unspecified atom stereocenters. The van der Waals surface area contributed by atoms with Crippen LogP contribution in [0, 0.1) is 0 Å². The van der Waals surface area contributed by atoms with Gasteiger partial charge in [0.1, 0.15) is 0 Å². The van der Waals surface area contributed by atoms with Gasteiger partial charge >= 0.3 is 0 Å². The zero-order chi connectivity index (χ0) is 15.9. The summed E-state index contributed by atoms with van der Waals surface area (Å²) in [7, 11) is 0. The molecule has 0 fully saturated rings. The molecule has 0 radical (unpaired) electrons. The van der Waals surface area contributed by atoms with Gasteiger partial charge in [0.15, 0.2) is 0 Å².